The van der Waals surface area contributed by atoms with Crippen molar-refractivity contribution in [3.8, 4) is 0 Å². The molecule has 12 heteroatoms. The highest BCUT2D eigenvalue weighted by atomic mass is 16.6. The lowest BCUT2D eigenvalue weighted by atomic mass is 9.77. The number of fused-ring (bicyclic) bond motifs is 5. The number of nitrogens with zero attached hydrogens (tertiary/aromatic N) is 6. The van der Waals surface area contributed by atoms with E-state index in [1.165, 1.54) is 4.90 Å². The van der Waals surface area contributed by atoms with Gasteiger partial charge in [0.15, 0.2) is 6.23 Å². The summed E-state index contributed by atoms with van der Waals surface area (Å²) >= 11 is 0. The Bertz CT molecular complexity index is 1360. The van der Waals surface area contributed by atoms with Gasteiger partial charge < -0.3 is 4.74 Å². The molecule has 5 heterocycles. The van der Waals surface area contributed by atoms with Crippen molar-refractivity contribution < 1.29 is 28.7 Å². The van der Waals surface area contributed by atoms with Crippen LogP contribution in [0.5, 0.6) is 0 Å². The minimum atomic E-state index is -0.600. The van der Waals surface area contributed by atoms with Crippen molar-refractivity contribution in [3.05, 3.63) is 36.5 Å². The number of anilines is 3. The van der Waals surface area contributed by atoms with Crippen LogP contribution >= 0.6 is 0 Å². The third kappa shape index (κ3) is 3.22. The lowest BCUT2D eigenvalue weighted by Gasteiger charge is -2.34. The summed E-state index contributed by atoms with van der Waals surface area (Å²) in [5, 5.41) is 0. The Hall–Kier alpha value is -4.06. The van der Waals surface area contributed by atoms with Gasteiger partial charge in [-0.2, -0.15) is 15.0 Å². The number of imide groups is 2. The number of carbonyl (C=O) groups is 5. The summed E-state index contributed by atoms with van der Waals surface area (Å²) in [4.78, 5) is 84.0. The van der Waals surface area contributed by atoms with Gasteiger partial charge in [0.2, 0.25) is 47.4 Å². The van der Waals surface area contributed by atoms with Gasteiger partial charge >= 0.3 is 0 Å². The van der Waals surface area contributed by atoms with Crippen LogP contribution in [0.3, 0.4) is 0 Å². The van der Waals surface area contributed by atoms with Crippen molar-refractivity contribution in [2.75, 3.05) is 14.7 Å². The van der Waals surface area contributed by atoms with Gasteiger partial charge in [-0.15, -0.1) is 0 Å². The van der Waals surface area contributed by atoms with E-state index in [9.17, 15) is 24.0 Å². The molecule has 1 aromatic heterocycles. The van der Waals surface area contributed by atoms with Crippen LogP contribution in [0.4, 0.5) is 17.8 Å². The quantitative estimate of drug-likeness (QED) is 0.314. The molecule has 8 atom stereocenters. The van der Waals surface area contributed by atoms with Crippen LogP contribution in [-0.4, -0.2) is 56.8 Å². The van der Waals surface area contributed by atoms with E-state index in [0.717, 1.165) is 16.2 Å². The summed E-state index contributed by atoms with van der Waals surface area (Å²) in [5.74, 6) is -5.12. The molecule has 4 fully saturated rings. The van der Waals surface area contributed by atoms with E-state index in [1.807, 2.05) is 30.4 Å². The van der Waals surface area contributed by atoms with Crippen molar-refractivity contribution in [2.45, 2.75) is 50.9 Å². The van der Waals surface area contributed by atoms with Crippen molar-refractivity contribution in [3.63, 3.8) is 0 Å². The first-order valence-corrected chi connectivity index (χ1v) is 13.9. The first-order chi connectivity index (χ1) is 19.4. The van der Waals surface area contributed by atoms with Crippen LogP contribution in [0.25, 0.3) is 0 Å². The third-order valence-corrected chi connectivity index (χ3v) is 9.44. The Kier molecular flexibility index (Phi) is 5.04. The molecule has 1 aromatic rings. The maximum atomic E-state index is 13.7. The van der Waals surface area contributed by atoms with E-state index in [1.54, 1.807) is 0 Å². The van der Waals surface area contributed by atoms with Crippen molar-refractivity contribution in [1.82, 2.24) is 15.0 Å². The van der Waals surface area contributed by atoms with Crippen LogP contribution < -0.4 is 14.7 Å². The van der Waals surface area contributed by atoms with Gasteiger partial charge in [0.1, 0.15) is 6.10 Å². The monoisotopic (exact) mass is 542 g/mol. The van der Waals surface area contributed by atoms with E-state index in [2.05, 4.69) is 21.0 Å². The fourth-order valence-corrected chi connectivity index (χ4v) is 7.28. The molecule has 40 heavy (non-hydrogen) atoms. The molecule has 0 spiro atoms. The Morgan fingerprint density at radius 2 is 0.925 bits per heavy atom. The van der Waals surface area contributed by atoms with Gasteiger partial charge in [0.05, 0.1) is 23.7 Å². The minimum Gasteiger partial charge on any atom is -0.347 e. The second-order valence-electron chi connectivity index (χ2n) is 11.5. The molecular formula is C28H26N6O6. The van der Waals surface area contributed by atoms with E-state index in [4.69, 9.17) is 4.74 Å². The van der Waals surface area contributed by atoms with E-state index in [-0.39, 0.29) is 41.7 Å². The number of amides is 5. The topological polar surface area (TPSA) is 146 Å². The molecule has 0 N–H and O–H groups in total. The Morgan fingerprint density at radius 3 is 1.40 bits per heavy atom. The number of hydrogen-bond acceptors (Lipinski definition) is 9. The highest BCUT2D eigenvalue weighted by Crippen LogP contribution is 2.48. The molecule has 5 amide bonds. The van der Waals surface area contributed by atoms with E-state index < -0.39 is 53.5 Å². The number of aromatic nitrogens is 3. The first kappa shape index (κ1) is 23.8. The molecule has 0 radical (unpaired) electrons. The van der Waals surface area contributed by atoms with Crippen LogP contribution in [0.2, 0.25) is 0 Å². The number of piperidine rings is 1. The van der Waals surface area contributed by atoms with Gasteiger partial charge in [-0.05, 0) is 38.5 Å². The molecule has 0 saturated carbocycles. The second kappa shape index (κ2) is 8.47. The van der Waals surface area contributed by atoms with Gasteiger partial charge in [-0.25, -0.2) is 9.80 Å². The lowest BCUT2D eigenvalue weighted by molar-refractivity contribution is -0.125. The summed E-state index contributed by atoms with van der Waals surface area (Å²) < 4.78 is 5.91. The average molecular weight is 543 g/mol. The molecule has 0 bridgehead atoms. The molecule has 4 saturated heterocycles. The van der Waals surface area contributed by atoms with Crippen LogP contribution in [0.15, 0.2) is 36.5 Å². The fourth-order valence-electron chi connectivity index (χ4n) is 7.28. The van der Waals surface area contributed by atoms with Crippen molar-refractivity contribution in [1.29, 1.82) is 0 Å². The number of hydrogen-bond donors (Lipinski definition) is 0. The highest BCUT2D eigenvalue weighted by Gasteiger charge is 2.61. The summed E-state index contributed by atoms with van der Waals surface area (Å²) in [6, 6.07) is 0. The molecule has 3 aliphatic carbocycles. The van der Waals surface area contributed by atoms with Crippen molar-refractivity contribution in [2.24, 2.45) is 35.5 Å². The van der Waals surface area contributed by atoms with Gasteiger partial charge in [-0.1, -0.05) is 36.5 Å². The molecule has 4 aliphatic heterocycles. The summed E-state index contributed by atoms with van der Waals surface area (Å²) in [7, 11) is 0. The molecular weight excluding hydrogens is 516 g/mol. The van der Waals surface area contributed by atoms with Crippen LogP contribution in [0.1, 0.15) is 38.5 Å². The second-order valence-corrected chi connectivity index (χ2v) is 11.5. The molecule has 12 nitrogen and oxygen atoms in total. The molecule has 204 valence electrons. The van der Waals surface area contributed by atoms with Crippen LogP contribution in [-0.2, 0) is 28.7 Å². The largest absolute Gasteiger partial charge is 0.347 e. The SMILES string of the molecule is O=C1C2CC=CCC2C(=O)N1c1nc(N2C(=O)C3CC=CCC3C2=O)nc(N2C(=O)C3CC=CCC3C3OC32)n1. The van der Waals surface area contributed by atoms with E-state index in [0.29, 0.717) is 32.1 Å². The zero-order chi connectivity index (χ0) is 27.3. The number of ether oxygens (including phenoxy) is 1. The predicted molar refractivity (Wildman–Crippen MR) is 137 cm³/mol. The average Bonchev–Trinajstić information content (AvgIpc) is 3.67. The molecule has 8 rings (SSSR count). The Labute approximate surface area is 228 Å². The fraction of sp³-hybridized carbons (Fsp3) is 0.500. The van der Waals surface area contributed by atoms with Crippen LogP contribution in [0, 0.1) is 35.5 Å². The highest BCUT2D eigenvalue weighted by molar-refractivity contribution is 6.23. The van der Waals surface area contributed by atoms with Gasteiger partial charge in [0.25, 0.3) is 0 Å². The molecule has 8 unspecified atom stereocenters. The summed E-state index contributed by atoms with van der Waals surface area (Å²) in [6.07, 6.45) is 13.7. The van der Waals surface area contributed by atoms with Gasteiger partial charge in [0, 0.05) is 11.8 Å². The summed E-state index contributed by atoms with van der Waals surface area (Å²) in [5.41, 5.74) is 0. The first-order valence-electron chi connectivity index (χ1n) is 13.9. The van der Waals surface area contributed by atoms with E-state index >= 15 is 0 Å². The Morgan fingerprint density at radius 1 is 0.525 bits per heavy atom. The maximum Gasteiger partial charge on any atom is 0.245 e. The maximum absolute atomic E-state index is 13.7. The number of rotatable bonds is 3. The normalized spacial score (nSPS) is 37.6. The minimum absolute atomic E-state index is 0.0502. The lowest BCUT2D eigenvalue weighted by Crippen LogP contribution is -2.50. The zero-order valence-electron chi connectivity index (χ0n) is 21.5. The number of allylic oxidation sites excluding steroid dienone is 6. The van der Waals surface area contributed by atoms with Gasteiger partial charge in [-0.3, -0.25) is 28.9 Å². The number of carbonyl (C=O) groups excluding carboxylic acids is 5. The molecule has 7 aliphatic rings. The van der Waals surface area contributed by atoms with Crippen molar-refractivity contribution >= 4 is 47.4 Å². The smallest absolute Gasteiger partial charge is 0.245 e. The zero-order valence-corrected chi connectivity index (χ0v) is 21.5. The molecule has 0 aromatic carbocycles. The third-order valence-electron chi connectivity index (χ3n) is 9.44. The number of epoxide rings is 1. The Balaban J connectivity index is 1.24. The predicted octanol–water partition coefficient (Wildman–Crippen LogP) is 1.44. The summed E-state index contributed by atoms with van der Waals surface area (Å²) in [6.45, 7) is 0. The standard InChI is InChI=1S/C28H26N6O6/c35-20-15-9-3-4-10-16(15)21(36)32(20)26-29-27(33-22(37)17-11-5-6-12-18(17)23(33)38)31-28(30-26)34-24(39)14-8-2-1-7-13(14)19-25(34)40-19/h1-6,13-19,25H,7-12H2.